The molecule has 0 spiro atoms. The van der Waals surface area contributed by atoms with E-state index in [2.05, 4.69) is 10.5 Å². The standard InChI is InChI=1S/C27H31N5O8/c1-16-3-8-20(15-21(16)26(35)31-9-12-38-13-10-31)32-11-14-39-23(27(32)36)22(40-17(2)33)25(34)29-19-6-4-18(5-7-19)24(28)30-37/h3-8,15,22-23,37H,9-14H2,1-2H3,(H2,28,30)(H,29,34)/t22-,23-/m1/s1. The van der Waals surface area contributed by atoms with Crippen LogP contribution in [0.2, 0.25) is 0 Å². The average molecular weight is 554 g/mol. The predicted molar refractivity (Wildman–Crippen MR) is 143 cm³/mol. The van der Waals surface area contributed by atoms with E-state index in [9.17, 15) is 19.2 Å². The Kier molecular flexibility index (Phi) is 8.97. The Labute approximate surface area is 230 Å². The highest BCUT2D eigenvalue weighted by molar-refractivity contribution is 6.05. The number of esters is 1. The highest BCUT2D eigenvalue weighted by atomic mass is 16.6. The Hall–Kier alpha value is -4.49. The van der Waals surface area contributed by atoms with E-state index in [1.54, 1.807) is 23.1 Å². The highest BCUT2D eigenvalue weighted by Gasteiger charge is 2.42. The molecule has 4 rings (SSSR count). The van der Waals surface area contributed by atoms with Gasteiger partial charge in [-0.25, -0.2) is 0 Å². The van der Waals surface area contributed by atoms with Gasteiger partial charge in [-0.15, -0.1) is 0 Å². The third kappa shape index (κ3) is 6.38. The summed E-state index contributed by atoms with van der Waals surface area (Å²) in [4.78, 5) is 55.0. The number of amides is 3. The van der Waals surface area contributed by atoms with Crippen molar-refractivity contribution in [1.29, 1.82) is 0 Å². The lowest BCUT2D eigenvalue weighted by Gasteiger charge is -2.35. The van der Waals surface area contributed by atoms with Crippen LogP contribution in [0.1, 0.15) is 28.4 Å². The maximum Gasteiger partial charge on any atom is 0.303 e. The Bertz CT molecular complexity index is 1310. The van der Waals surface area contributed by atoms with Crippen LogP contribution in [-0.4, -0.2) is 91.3 Å². The van der Waals surface area contributed by atoms with Crippen molar-refractivity contribution in [2.24, 2.45) is 10.9 Å². The van der Waals surface area contributed by atoms with Gasteiger partial charge >= 0.3 is 5.97 Å². The van der Waals surface area contributed by atoms with Gasteiger partial charge in [0, 0.05) is 49.1 Å². The van der Waals surface area contributed by atoms with Crippen LogP contribution in [0.5, 0.6) is 0 Å². The average Bonchev–Trinajstić information content (AvgIpc) is 2.96. The van der Waals surface area contributed by atoms with Crippen LogP contribution < -0.4 is 16.0 Å². The minimum Gasteiger partial charge on any atom is -0.449 e. The summed E-state index contributed by atoms with van der Waals surface area (Å²) in [6.07, 6.45) is -3.01. The first-order chi connectivity index (χ1) is 19.2. The van der Waals surface area contributed by atoms with Crippen LogP contribution in [0.4, 0.5) is 11.4 Å². The van der Waals surface area contributed by atoms with E-state index in [-0.39, 0.29) is 24.9 Å². The number of carbonyl (C=O) groups excluding carboxylic acids is 4. The molecule has 2 atom stereocenters. The number of benzene rings is 2. The molecule has 2 aliphatic heterocycles. The van der Waals surface area contributed by atoms with Crippen LogP contribution in [0.3, 0.4) is 0 Å². The van der Waals surface area contributed by atoms with E-state index in [4.69, 9.17) is 25.2 Å². The van der Waals surface area contributed by atoms with Crippen LogP contribution in [0.25, 0.3) is 0 Å². The molecule has 40 heavy (non-hydrogen) atoms. The number of rotatable bonds is 7. The van der Waals surface area contributed by atoms with Crippen LogP contribution in [0.15, 0.2) is 47.6 Å². The number of hydrogen-bond donors (Lipinski definition) is 3. The van der Waals surface area contributed by atoms with Crippen molar-refractivity contribution in [3.8, 4) is 0 Å². The number of morpholine rings is 2. The maximum absolute atomic E-state index is 13.6. The van der Waals surface area contributed by atoms with E-state index in [0.29, 0.717) is 48.8 Å². The van der Waals surface area contributed by atoms with Gasteiger partial charge in [0.05, 0.1) is 19.8 Å². The number of nitrogens with two attached hydrogens (primary N) is 1. The molecule has 13 nitrogen and oxygen atoms in total. The minimum absolute atomic E-state index is 0.0660. The second-order valence-corrected chi connectivity index (χ2v) is 9.27. The summed E-state index contributed by atoms with van der Waals surface area (Å²) in [5.41, 5.74) is 7.98. The van der Waals surface area contributed by atoms with Gasteiger partial charge in [-0.1, -0.05) is 11.2 Å². The smallest absolute Gasteiger partial charge is 0.303 e. The molecule has 212 valence electrons. The van der Waals surface area contributed by atoms with Gasteiger partial charge in [-0.3, -0.25) is 19.2 Å². The zero-order valence-corrected chi connectivity index (χ0v) is 22.2. The molecule has 0 aliphatic carbocycles. The summed E-state index contributed by atoms with van der Waals surface area (Å²) < 4.78 is 16.2. The second kappa shape index (κ2) is 12.6. The van der Waals surface area contributed by atoms with Gasteiger partial charge in [0.2, 0.25) is 6.10 Å². The fourth-order valence-corrected chi connectivity index (χ4v) is 4.45. The van der Waals surface area contributed by atoms with Crippen molar-refractivity contribution in [3.05, 3.63) is 59.2 Å². The Morgan fingerprint density at radius 3 is 2.45 bits per heavy atom. The van der Waals surface area contributed by atoms with Gasteiger partial charge < -0.3 is 40.3 Å². The summed E-state index contributed by atoms with van der Waals surface area (Å²) in [7, 11) is 0. The molecular formula is C27H31N5O8. The van der Waals surface area contributed by atoms with E-state index in [1.165, 1.54) is 29.2 Å². The molecule has 2 fully saturated rings. The molecule has 2 saturated heterocycles. The first-order valence-electron chi connectivity index (χ1n) is 12.7. The number of nitrogens with one attached hydrogen (secondary N) is 1. The monoisotopic (exact) mass is 553 g/mol. The molecule has 0 radical (unpaired) electrons. The predicted octanol–water partition coefficient (Wildman–Crippen LogP) is 0.864. The summed E-state index contributed by atoms with van der Waals surface area (Å²) in [6.45, 7) is 5.06. The van der Waals surface area contributed by atoms with Gasteiger partial charge in [0.25, 0.3) is 17.7 Å². The van der Waals surface area contributed by atoms with Crippen molar-refractivity contribution in [1.82, 2.24) is 4.90 Å². The first-order valence-corrected chi connectivity index (χ1v) is 12.7. The van der Waals surface area contributed by atoms with Crippen LogP contribution in [0, 0.1) is 6.92 Å². The van der Waals surface area contributed by atoms with E-state index in [1.807, 2.05) is 6.92 Å². The molecular weight excluding hydrogens is 522 g/mol. The molecule has 2 aliphatic rings. The number of anilines is 2. The van der Waals surface area contributed by atoms with Crippen LogP contribution >= 0.6 is 0 Å². The Morgan fingerprint density at radius 1 is 1.10 bits per heavy atom. The fourth-order valence-electron chi connectivity index (χ4n) is 4.45. The van der Waals surface area contributed by atoms with Gasteiger partial charge in [-0.2, -0.15) is 0 Å². The van der Waals surface area contributed by atoms with Crippen molar-refractivity contribution in [2.75, 3.05) is 49.7 Å². The SMILES string of the molecule is CC(=O)O[C@@H](C(=O)Nc1ccc(/C(N)=N/O)cc1)[C@H]1OCCN(c2ccc(C)c(C(=O)N3CCOCC3)c2)C1=O. The summed E-state index contributed by atoms with van der Waals surface area (Å²) in [5.74, 6) is -2.41. The number of hydrogen-bond acceptors (Lipinski definition) is 9. The maximum atomic E-state index is 13.6. The van der Waals surface area contributed by atoms with Gasteiger partial charge in [0.1, 0.15) is 0 Å². The molecule has 2 heterocycles. The zero-order chi connectivity index (χ0) is 28.8. The number of amidine groups is 1. The fraction of sp³-hybridized carbons (Fsp3) is 0.370. The Morgan fingerprint density at radius 2 is 1.80 bits per heavy atom. The van der Waals surface area contributed by atoms with Crippen LogP contribution in [-0.2, 0) is 28.6 Å². The topological polar surface area (TPSA) is 173 Å². The lowest BCUT2D eigenvalue weighted by Crippen LogP contribution is -2.56. The zero-order valence-electron chi connectivity index (χ0n) is 22.2. The third-order valence-electron chi connectivity index (χ3n) is 6.57. The normalized spacial score (nSPS) is 18.7. The number of aryl methyl sites for hydroxylation is 1. The molecule has 2 aromatic carbocycles. The molecule has 13 heteroatoms. The van der Waals surface area contributed by atoms with Crippen molar-refractivity contribution in [3.63, 3.8) is 0 Å². The summed E-state index contributed by atoms with van der Waals surface area (Å²) in [6, 6.07) is 11.2. The number of nitrogens with zero attached hydrogens (tertiary/aromatic N) is 3. The number of carbonyl (C=O) groups is 4. The quantitative estimate of drug-likeness (QED) is 0.148. The van der Waals surface area contributed by atoms with E-state index in [0.717, 1.165) is 12.5 Å². The molecule has 0 aromatic heterocycles. The summed E-state index contributed by atoms with van der Waals surface area (Å²) in [5, 5.41) is 14.3. The lowest BCUT2D eigenvalue weighted by molar-refractivity contribution is -0.167. The van der Waals surface area contributed by atoms with E-state index < -0.39 is 30.0 Å². The minimum atomic E-state index is -1.59. The lowest BCUT2D eigenvalue weighted by atomic mass is 10.0. The van der Waals surface area contributed by atoms with Crippen molar-refractivity contribution < 1.29 is 38.6 Å². The van der Waals surface area contributed by atoms with Crippen molar-refractivity contribution >= 4 is 40.9 Å². The highest BCUT2D eigenvalue weighted by Crippen LogP contribution is 2.26. The van der Waals surface area contributed by atoms with E-state index >= 15 is 0 Å². The Balaban J connectivity index is 1.55. The number of oxime groups is 1. The van der Waals surface area contributed by atoms with Gasteiger partial charge in [0.15, 0.2) is 11.9 Å². The molecule has 3 amide bonds. The van der Waals surface area contributed by atoms with Crippen molar-refractivity contribution in [2.45, 2.75) is 26.1 Å². The third-order valence-corrected chi connectivity index (χ3v) is 6.57. The molecule has 0 saturated carbocycles. The second-order valence-electron chi connectivity index (χ2n) is 9.27. The van der Waals surface area contributed by atoms with Gasteiger partial charge in [-0.05, 0) is 48.9 Å². The molecule has 0 unspecified atom stereocenters. The largest absolute Gasteiger partial charge is 0.449 e. The molecule has 0 bridgehead atoms. The summed E-state index contributed by atoms with van der Waals surface area (Å²) >= 11 is 0. The molecule has 2 aromatic rings. The molecule has 4 N–H and O–H groups in total. The number of ether oxygens (including phenoxy) is 3. The first kappa shape index (κ1) is 28.5.